The summed E-state index contributed by atoms with van der Waals surface area (Å²) in [4.78, 5) is 6.20. The van der Waals surface area contributed by atoms with Gasteiger partial charge in [0, 0.05) is 23.1 Å². The van der Waals surface area contributed by atoms with E-state index in [0.29, 0.717) is 0 Å². The molecule has 2 saturated heterocycles. The number of benzene rings is 1. The molecule has 4 rings (SSSR count). The van der Waals surface area contributed by atoms with Crippen LogP contribution in [0.2, 0.25) is 0 Å². The topological polar surface area (TPSA) is 31.1 Å². The molecule has 2 aliphatic rings. The van der Waals surface area contributed by atoms with Gasteiger partial charge in [0.25, 0.3) is 0 Å². The normalized spacial score (nSPS) is 23.3. The molecule has 124 valence electrons. The van der Waals surface area contributed by atoms with Crippen molar-refractivity contribution in [3.8, 4) is 0 Å². The van der Waals surface area contributed by atoms with E-state index in [1.807, 2.05) is 0 Å². The van der Waals surface area contributed by atoms with E-state index in [4.69, 9.17) is 0 Å². The molecule has 2 aliphatic heterocycles. The van der Waals surface area contributed by atoms with Crippen LogP contribution in [0.5, 0.6) is 0 Å². The van der Waals surface area contributed by atoms with Gasteiger partial charge in [-0.3, -0.25) is 0 Å². The maximum absolute atomic E-state index is 3.49. The van der Waals surface area contributed by atoms with Crippen LogP contribution in [-0.2, 0) is 0 Å². The molecule has 23 heavy (non-hydrogen) atoms. The van der Waals surface area contributed by atoms with Gasteiger partial charge in [-0.2, -0.15) is 0 Å². The second-order valence-corrected chi connectivity index (χ2v) is 7.43. The smallest absolute Gasteiger partial charge is 0.0456 e. The van der Waals surface area contributed by atoms with Crippen LogP contribution in [-0.4, -0.2) is 42.1 Å². The predicted octanol–water partition coefficient (Wildman–Crippen LogP) is 3.74. The van der Waals surface area contributed by atoms with E-state index in [1.165, 1.54) is 68.3 Å². The van der Waals surface area contributed by atoms with E-state index in [1.54, 1.807) is 0 Å². The number of fused-ring (bicyclic) bond motifs is 1. The van der Waals surface area contributed by atoms with Crippen molar-refractivity contribution in [2.24, 2.45) is 5.92 Å². The second-order valence-electron chi connectivity index (χ2n) is 7.43. The van der Waals surface area contributed by atoms with Crippen molar-refractivity contribution in [1.82, 2.24) is 15.2 Å². The number of hydrogen-bond acceptors (Lipinski definition) is 2. The average molecular weight is 311 g/mol. The van der Waals surface area contributed by atoms with Crippen LogP contribution < -0.4 is 5.32 Å². The first-order chi connectivity index (χ1) is 11.3. The third-order valence-corrected chi connectivity index (χ3v) is 6.23. The fraction of sp³-hybridized carbons (Fsp3) is 0.600. The molecule has 0 spiro atoms. The summed E-state index contributed by atoms with van der Waals surface area (Å²) in [6.07, 6.45) is 7.56. The number of hydrogen-bond donors (Lipinski definition) is 2. The first-order valence-corrected chi connectivity index (χ1v) is 9.33. The molecule has 0 bridgehead atoms. The largest absolute Gasteiger partial charge is 0.361 e. The quantitative estimate of drug-likeness (QED) is 0.905. The Morgan fingerprint density at radius 2 is 1.78 bits per heavy atom. The van der Waals surface area contributed by atoms with Crippen molar-refractivity contribution in [2.75, 3.05) is 26.2 Å². The van der Waals surface area contributed by atoms with Crippen LogP contribution in [0.3, 0.4) is 0 Å². The number of aromatic nitrogens is 1. The molecule has 0 radical (unpaired) electrons. The maximum atomic E-state index is 3.49. The van der Waals surface area contributed by atoms with Gasteiger partial charge in [0.05, 0.1) is 0 Å². The SMILES string of the molecule is CC(C1CCNCC1)N1CCC(c2c[nH]c3ccccc23)CC1. The highest BCUT2D eigenvalue weighted by molar-refractivity contribution is 5.83. The van der Waals surface area contributed by atoms with Gasteiger partial charge in [0.1, 0.15) is 0 Å². The Labute approximate surface area is 139 Å². The van der Waals surface area contributed by atoms with Crippen LogP contribution >= 0.6 is 0 Å². The fourth-order valence-electron chi connectivity index (χ4n) is 4.67. The number of rotatable bonds is 3. The molecule has 0 saturated carbocycles. The lowest BCUT2D eigenvalue weighted by Gasteiger charge is -2.40. The monoisotopic (exact) mass is 311 g/mol. The van der Waals surface area contributed by atoms with E-state index in [-0.39, 0.29) is 0 Å². The summed E-state index contributed by atoms with van der Waals surface area (Å²) >= 11 is 0. The van der Waals surface area contributed by atoms with Gasteiger partial charge in [-0.15, -0.1) is 0 Å². The molecule has 2 N–H and O–H groups in total. The molecule has 1 aromatic heterocycles. The minimum absolute atomic E-state index is 0.725. The molecule has 3 heteroatoms. The first-order valence-electron chi connectivity index (χ1n) is 9.33. The van der Waals surface area contributed by atoms with Gasteiger partial charge in [-0.05, 0) is 82.3 Å². The molecular formula is C20H29N3. The van der Waals surface area contributed by atoms with Gasteiger partial charge in [-0.1, -0.05) is 18.2 Å². The molecule has 2 aromatic rings. The zero-order chi connectivity index (χ0) is 15.6. The summed E-state index contributed by atoms with van der Waals surface area (Å²) in [5.74, 6) is 1.61. The third-order valence-electron chi connectivity index (χ3n) is 6.23. The predicted molar refractivity (Wildman–Crippen MR) is 96.9 cm³/mol. The van der Waals surface area contributed by atoms with Crippen molar-refractivity contribution in [3.05, 3.63) is 36.0 Å². The van der Waals surface area contributed by atoms with E-state index in [9.17, 15) is 0 Å². The van der Waals surface area contributed by atoms with Crippen molar-refractivity contribution in [3.63, 3.8) is 0 Å². The lowest BCUT2D eigenvalue weighted by atomic mass is 9.85. The lowest BCUT2D eigenvalue weighted by Crippen LogP contribution is -2.46. The Balaban J connectivity index is 1.40. The van der Waals surface area contributed by atoms with Crippen molar-refractivity contribution in [1.29, 1.82) is 0 Å². The summed E-state index contributed by atoms with van der Waals surface area (Å²) in [6, 6.07) is 9.49. The first kappa shape index (κ1) is 15.2. The molecule has 0 aliphatic carbocycles. The molecular weight excluding hydrogens is 282 g/mol. The van der Waals surface area contributed by atoms with Crippen molar-refractivity contribution >= 4 is 10.9 Å². The summed E-state index contributed by atoms with van der Waals surface area (Å²) in [5.41, 5.74) is 2.82. The number of aromatic amines is 1. The van der Waals surface area contributed by atoms with Crippen LogP contribution in [0.25, 0.3) is 10.9 Å². The fourth-order valence-corrected chi connectivity index (χ4v) is 4.67. The Bertz CT molecular complexity index is 633. The van der Waals surface area contributed by atoms with E-state index < -0.39 is 0 Å². The minimum Gasteiger partial charge on any atom is -0.361 e. The van der Waals surface area contributed by atoms with Crippen LogP contribution in [0.15, 0.2) is 30.5 Å². The minimum atomic E-state index is 0.725. The zero-order valence-corrected chi connectivity index (χ0v) is 14.2. The van der Waals surface area contributed by atoms with Crippen LogP contribution in [0.1, 0.15) is 44.1 Å². The highest BCUT2D eigenvalue weighted by Crippen LogP contribution is 2.34. The summed E-state index contributed by atoms with van der Waals surface area (Å²) in [7, 11) is 0. The average Bonchev–Trinajstić information content (AvgIpc) is 3.06. The lowest BCUT2D eigenvalue weighted by molar-refractivity contribution is 0.105. The molecule has 1 atom stereocenters. The Morgan fingerprint density at radius 1 is 1.04 bits per heavy atom. The van der Waals surface area contributed by atoms with E-state index >= 15 is 0 Å². The number of para-hydroxylation sites is 1. The third kappa shape index (κ3) is 3.05. The van der Waals surface area contributed by atoms with Gasteiger partial charge in [0.2, 0.25) is 0 Å². The van der Waals surface area contributed by atoms with E-state index in [2.05, 4.69) is 52.6 Å². The molecule has 1 unspecified atom stereocenters. The standard InChI is InChI=1S/C20H29N3/c1-15(16-6-10-21-11-7-16)23-12-8-17(9-13-23)19-14-22-20-5-3-2-4-18(19)20/h2-5,14-17,21-22H,6-13H2,1H3. The van der Waals surface area contributed by atoms with Crippen LogP contribution in [0.4, 0.5) is 0 Å². The number of H-pyrrole nitrogens is 1. The summed E-state index contributed by atoms with van der Waals surface area (Å²) < 4.78 is 0. The molecule has 3 heterocycles. The molecule has 3 nitrogen and oxygen atoms in total. The summed E-state index contributed by atoms with van der Waals surface area (Å²) in [6.45, 7) is 7.40. The van der Waals surface area contributed by atoms with E-state index in [0.717, 1.165) is 17.9 Å². The number of nitrogens with zero attached hydrogens (tertiary/aromatic N) is 1. The Morgan fingerprint density at radius 3 is 2.57 bits per heavy atom. The summed E-state index contributed by atoms with van der Waals surface area (Å²) in [5, 5.41) is 4.92. The molecule has 2 fully saturated rings. The van der Waals surface area contributed by atoms with Crippen molar-refractivity contribution in [2.45, 2.75) is 44.6 Å². The Kier molecular flexibility index (Phi) is 4.41. The zero-order valence-electron chi connectivity index (χ0n) is 14.2. The number of nitrogens with one attached hydrogen (secondary N) is 2. The highest BCUT2D eigenvalue weighted by atomic mass is 15.2. The van der Waals surface area contributed by atoms with Gasteiger partial charge in [0.15, 0.2) is 0 Å². The van der Waals surface area contributed by atoms with Crippen molar-refractivity contribution < 1.29 is 0 Å². The highest BCUT2D eigenvalue weighted by Gasteiger charge is 2.29. The molecule has 1 aromatic carbocycles. The number of likely N-dealkylation sites (tertiary alicyclic amines) is 1. The van der Waals surface area contributed by atoms with Gasteiger partial charge in [-0.25, -0.2) is 0 Å². The van der Waals surface area contributed by atoms with Crippen LogP contribution in [0, 0.1) is 5.92 Å². The second kappa shape index (κ2) is 6.66. The Hall–Kier alpha value is -1.32. The maximum Gasteiger partial charge on any atom is 0.0456 e. The number of piperidine rings is 2. The van der Waals surface area contributed by atoms with Gasteiger partial charge < -0.3 is 15.2 Å². The molecule has 0 amide bonds. The van der Waals surface area contributed by atoms with Gasteiger partial charge >= 0.3 is 0 Å².